The van der Waals surface area contributed by atoms with Crippen molar-refractivity contribution < 1.29 is 19.1 Å². The number of esters is 1. The molecular weight excluding hydrogens is 322 g/mol. The number of aromatic nitrogens is 1. The van der Waals surface area contributed by atoms with Gasteiger partial charge < -0.3 is 19.4 Å². The third kappa shape index (κ3) is 2.84. The van der Waals surface area contributed by atoms with Gasteiger partial charge in [0.1, 0.15) is 18.4 Å². The van der Waals surface area contributed by atoms with E-state index < -0.39 is 0 Å². The highest BCUT2D eigenvalue weighted by molar-refractivity contribution is 5.99. The van der Waals surface area contributed by atoms with Crippen LogP contribution in [0.2, 0.25) is 0 Å². The minimum atomic E-state index is -0.328. The van der Waals surface area contributed by atoms with Gasteiger partial charge in [0.25, 0.3) is 0 Å². The van der Waals surface area contributed by atoms with Crippen molar-refractivity contribution in [2.24, 2.45) is 0 Å². The molecule has 0 bridgehead atoms. The number of amides is 1. The average molecular weight is 343 g/mol. The first-order valence-corrected chi connectivity index (χ1v) is 8.66. The Kier molecular flexibility index (Phi) is 4.09. The SMILES string of the molecule is CCCNC[C@H]1CN(c2ccc3c(c2)cc2n3CCOC2=O)C(=O)O1. The summed E-state index contributed by atoms with van der Waals surface area (Å²) in [5.41, 5.74) is 2.32. The van der Waals surface area contributed by atoms with Gasteiger partial charge >= 0.3 is 12.1 Å². The standard InChI is InChI=1S/C18H21N3O4/c1-2-5-19-10-14-11-21(18(23)25-14)13-3-4-15-12(8-13)9-16-17(22)24-7-6-20(15)16/h3-4,8-9,14,19H,2,5-7,10-11H2,1H3/t14-/m0/s1. The molecular formula is C18H21N3O4. The van der Waals surface area contributed by atoms with E-state index in [0.717, 1.165) is 29.6 Å². The van der Waals surface area contributed by atoms with Crippen LogP contribution >= 0.6 is 0 Å². The van der Waals surface area contributed by atoms with Crippen molar-refractivity contribution in [2.45, 2.75) is 26.0 Å². The van der Waals surface area contributed by atoms with E-state index in [2.05, 4.69) is 12.2 Å². The van der Waals surface area contributed by atoms with E-state index in [4.69, 9.17) is 9.47 Å². The van der Waals surface area contributed by atoms with Crippen LogP contribution in [-0.2, 0) is 16.0 Å². The first-order valence-electron chi connectivity index (χ1n) is 8.66. The van der Waals surface area contributed by atoms with Crippen LogP contribution in [0.5, 0.6) is 0 Å². The summed E-state index contributed by atoms with van der Waals surface area (Å²) in [7, 11) is 0. The van der Waals surface area contributed by atoms with Crippen molar-refractivity contribution in [1.29, 1.82) is 0 Å². The highest BCUT2D eigenvalue weighted by Gasteiger charge is 2.32. The Morgan fingerprint density at radius 2 is 2.16 bits per heavy atom. The number of hydrogen-bond acceptors (Lipinski definition) is 5. The van der Waals surface area contributed by atoms with Crippen LogP contribution in [0.4, 0.5) is 10.5 Å². The Morgan fingerprint density at radius 3 is 3.00 bits per heavy atom. The Morgan fingerprint density at radius 1 is 1.28 bits per heavy atom. The molecule has 1 aromatic carbocycles. The molecule has 1 aromatic heterocycles. The lowest BCUT2D eigenvalue weighted by atomic mass is 10.2. The van der Waals surface area contributed by atoms with Crippen LogP contribution in [0, 0.1) is 0 Å². The molecule has 0 radical (unpaired) electrons. The number of hydrogen-bond donors (Lipinski definition) is 1. The molecule has 0 aliphatic carbocycles. The fourth-order valence-corrected chi connectivity index (χ4v) is 3.42. The third-order valence-corrected chi connectivity index (χ3v) is 4.63. The summed E-state index contributed by atoms with van der Waals surface area (Å²) < 4.78 is 12.5. The van der Waals surface area contributed by atoms with E-state index in [9.17, 15) is 9.59 Å². The molecule has 0 saturated carbocycles. The fraction of sp³-hybridized carbons (Fsp3) is 0.444. The fourth-order valence-electron chi connectivity index (χ4n) is 3.42. The summed E-state index contributed by atoms with van der Waals surface area (Å²) in [6.07, 6.45) is 0.570. The van der Waals surface area contributed by atoms with Crippen molar-refractivity contribution in [3.05, 3.63) is 30.0 Å². The zero-order chi connectivity index (χ0) is 17.4. The van der Waals surface area contributed by atoms with Gasteiger partial charge in [-0.1, -0.05) is 6.92 Å². The number of nitrogens with one attached hydrogen (secondary N) is 1. The number of anilines is 1. The second kappa shape index (κ2) is 6.40. The summed E-state index contributed by atoms with van der Waals surface area (Å²) in [5, 5.41) is 4.20. The topological polar surface area (TPSA) is 72.8 Å². The monoisotopic (exact) mass is 343 g/mol. The summed E-state index contributed by atoms with van der Waals surface area (Å²) in [6.45, 7) is 5.24. The van der Waals surface area contributed by atoms with Crippen molar-refractivity contribution >= 4 is 28.7 Å². The smallest absolute Gasteiger partial charge is 0.414 e. The zero-order valence-electron chi connectivity index (χ0n) is 14.2. The summed E-state index contributed by atoms with van der Waals surface area (Å²) in [4.78, 5) is 25.7. The summed E-state index contributed by atoms with van der Waals surface area (Å²) >= 11 is 0. The second-order valence-electron chi connectivity index (χ2n) is 6.38. The maximum absolute atomic E-state index is 12.2. The number of carbonyl (C=O) groups excluding carboxylic acids is 2. The van der Waals surface area contributed by atoms with Gasteiger partial charge in [-0.05, 0) is 37.2 Å². The lowest BCUT2D eigenvalue weighted by Gasteiger charge is -2.16. The van der Waals surface area contributed by atoms with E-state index in [1.807, 2.05) is 28.8 Å². The molecule has 7 nitrogen and oxygen atoms in total. The number of fused-ring (bicyclic) bond motifs is 3. The summed E-state index contributed by atoms with van der Waals surface area (Å²) in [5.74, 6) is -0.299. The van der Waals surface area contributed by atoms with Gasteiger partial charge in [-0.2, -0.15) is 0 Å². The van der Waals surface area contributed by atoms with Crippen molar-refractivity contribution in [2.75, 3.05) is 31.1 Å². The molecule has 25 heavy (non-hydrogen) atoms. The van der Waals surface area contributed by atoms with E-state index in [1.165, 1.54) is 0 Å². The first kappa shape index (κ1) is 16.0. The van der Waals surface area contributed by atoms with Gasteiger partial charge in [-0.25, -0.2) is 9.59 Å². The molecule has 132 valence electrons. The zero-order valence-corrected chi connectivity index (χ0v) is 14.2. The molecule has 2 aliphatic rings. The molecule has 7 heteroatoms. The number of benzene rings is 1. The predicted octanol–water partition coefficient (Wildman–Crippen LogP) is 2.14. The molecule has 2 aromatic rings. The molecule has 4 rings (SSSR count). The van der Waals surface area contributed by atoms with Gasteiger partial charge in [-0.15, -0.1) is 0 Å². The molecule has 1 N–H and O–H groups in total. The maximum Gasteiger partial charge on any atom is 0.414 e. The molecule has 3 heterocycles. The van der Waals surface area contributed by atoms with Gasteiger partial charge in [0.05, 0.1) is 13.1 Å². The Labute approximate surface area is 145 Å². The van der Waals surface area contributed by atoms with Crippen molar-refractivity contribution in [3.63, 3.8) is 0 Å². The minimum absolute atomic E-state index is 0.146. The Bertz CT molecular complexity index is 829. The number of cyclic esters (lactones) is 2. The van der Waals surface area contributed by atoms with E-state index in [1.54, 1.807) is 4.90 Å². The molecule has 1 fully saturated rings. The van der Waals surface area contributed by atoms with E-state index in [0.29, 0.717) is 31.9 Å². The molecule has 1 amide bonds. The molecule has 1 saturated heterocycles. The lowest BCUT2D eigenvalue weighted by molar-refractivity contribution is 0.0426. The quantitative estimate of drug-likeness (QED) is 0.665. The van der Waals surface area contributed by atoms with Crippen LogP contribution < -0.4 is 10.2 Å². The van der Waals surface area contributed by atoms with E-state index in [-0.39, 0.29) is 18.2 Å². The minimum Gasteiger partial charge on any atom is -0.459 e. The van der Waals surface area contributed by atoms with Crippen LogP contribution in [0.15, 0.2) is 24.3 Å². The van der Waals surface area contributed by atoms with Gasteiger partial charge in [0, 0.05) is 23.1 Å². The van der Waals surface area contributed by atoms with E-state index >= 15 is 0 Å². The Balaban J connectivity index is 1.58. The number of rotatable bonds is 5. The highest BCUT2D eigenvalue weighted by Crippen LogP contribution is 2.29. The average Bonchev–Trinajstić information content (AvgIpc) is 3.16. The Hall–Kier alpha value is -2.54. The van der Waals surface area contributed by atoms with Crippen LogP contribution in [0.3, 0.4) is 0 Å². The van der Waals surface area contributed by atoms with Gasteiger partial charge in [0.15, 0.2) is 0 Å². The summed E-state index contributed by atoms with van der Waals surface area (Å²) in [6, 6.07) is 7.60. The predicted molar refractivity (Wildman–Crippen MR) is 93.0 cm³/mol. The maximum atomic E-state index is 12.2. The number of nitrogens with zero attached hydrogens (tertiary/aromatic N) is 2. The lowest BCUT2D eigenvalue weighted by Crippen LogP contribution is -2.31. The molecule has 1 atom stereocenters. The van der Waals surface area contributed by atoms with Crippen LogP contribution in [0.1, 0.15) is 23.8 Å². The highest BCUT2D eigenvalue weighted by atomic mass is 16.6. The normalized spacial score (nSPS) is 19.9. The molecule has 2 aliphatic heterocycles. The number of carbonyl (C=O) groups is 2. The second-order valence-corrected chi connectivity index (χ2v) is 6.38. The first-order chi connectivity index (χ1) is 12.2. The van der Waals surface area contributed by atoms with Crippen LogP contribution in [-0.4, -0.2) is 49.0 Å². The molecule has 0 spiro atoms. The van der Waals surface area contributed by atoms with Crippen molar-refractivity contribution in [1.82, 2.24) is 9.88 Å². The largest absolute Gasteiger partial charge is 0.459 e. The van der Waals surface area contributed by atoms with Crippen molar-refractivity contribution in [3.8, 4) is 0 Å². The van der Waals surface area contributed by atoms with Gasteiger partial charge in [0.2, 0.25) is 0 Å². The number of ether oxygens (including phenoxy) is 2. The van der Waals surface area contributed by atoms with Crippen LogP contribution in [0.25, 0.3) is 10.9 Å². The third-order valence-electron chi connectivity index (χ3n) is 4.63. The van der Waals surface area contributed by atoms with Gasteiger partial charge in [-0.3, -0.25) is 4.90 Å². The molecule has 0 unspecified atom stereocenters.